The van der Waals surface area contributed by atoms with Crippen LogP contribution in [0.15, 0.2) is 12.1 Å². The van der Waals surface area contributed by atoms with E-state index in [-0.39, 0.29) is 5.54 Å². The van der Waals surface area contributed by atoms with Gasteiger partial charge < -0.3 is 10.6 Å². The second-order valence-corrected chi connectivity index (χ2v) is 8.66. The molecule has 25 heavy (non-hydrogen) atoms. The van der Waals surface area contributed by atoms with Crippen LogP contribution in [0.2, 0.25) is 0 Å². The summed E-state index contributed by atoms with van der Waals surface area (Å²) in [5.41, 5.74) is 2.91. The fourth-order valence-electron chi connectivity index (χ4n) is 4.24. The van der Waals surface area contributed by atoms with E-state index in [1.807, 2.05) is 0 Å². The summed E-state index contributed by atoms with van der Waals surface area (Å²) in [4.78, 5) is 7.53. The van der Waals surface area contributed by atoms with Crippen molar-refractivity contribution in [1.29, 1.82) is 0 Å². The molecule has 4 heteroatoms. The molecule has 2 N–H and O–H groups in total. The first-order valence-corrected chi connectivity index (χ1v) is 10.2. The quantitative estimate of drug-likeness (QED) is 0.741. The van der Waals surface area contributed by atoms with E-state index in [0.717, 1.165) is 25.3 Å². The van der Waals surface area contributed by atoms with Crippen molar-refractivity contribution in [3.63, 3.8) is 0 Å². The number of nitrogens with one attached hydrogen (secondary N) is 2. The molecule has 1 atom stereocenters. The lowest BCUT2D eigenvalue weighted by Crippen LogP contribution is -2.49. The Labute approximate surface area is 153 Å². The van der Waals surface area contributed by atoms with E-state index in [1.165, 1.54) is 62.9 Å². The maximum Gasteiger partial charge on any atom is 0.129 e. The van der Waals surface area contributed by atoms with Gasteiger partial charge in [0.1, 0.15) is 5.82 Å². The van der Waals surface area contributed by atoms with Crippen molar-refractivity contribution in [3.8, 4) is 0 Å². The average molecular weight is 345 g/mol. The summed E-state index contributed by atoms with van der Waals surface area (Å²) < 4.78 is 0. The number of pyridine rings is 1. The third-order valence-corrected chi connectivity index (χ3v) is 5.62. The standard InChI is InChI=1S/C21H36N4/c1-21(2,3)25(19-12-14-22-16-19)15-6-4-5-9-18-11-10-17-8-7-13-23-20(17)24-18/h10-11,19,22H,4-9,12-16H2,1-3H3,(H,23,24)/t19-/m1/s1. The van der Waals surface area contributed by atoms with Crippen molar-refractivity contribution in [3.05, 3.63) is 23.4 Å². The van der Waals surface area contributed by atoms with Gasteiger partial charge in [0, 0.05) is 30.4 Å². The Bertz CT molecular complexity index is 543. The average Bonchev–Trinajstić information content (AvgIpc) is 3.10. The second kappa shape index (κ2) is 8.50. The van der Waals surface area contributed by atoms with Gasteiger partial charge in [-0.15, -0.1) is 0 Å². The molecule has 140 valence electrons. The first-order chi connectivity index (χ1) is 12.0. The normalized spacial score (nSPS) is 20.6. The van der Waals surface area contributed by atoms with Gasteiger partial charge in [0.15, 0.2) is 0 Å². The number of unbranched alkanes of at least 4 members (excludes halogenated alkanes) is 2. The number of hydrogen-bond donors (Lipinski definition) is 2. The number of hydrogen-bond acceptors (Lipinski definition) is 4. The Morgan fingerprint density at radius 1 is 1.16 bits per heavy atom. The SMILES string of the molecule is CC(C)(C)N(CCCCCc1ccc2c(n1)NCCC2)[C@@H]1CCNC1. The van der Waals surface area contributed by atoms with Gasteiger partial charge in [0.2, 0.25) is 0 Å². The zero-order valence-electron chi connectivity index (χ0n) is 16.4. The predicted molar refractivity (Wildman–Crippen MR) is 106 cm³/mol. The van der Waals surface area contributed by atoms with E-state index in [4.69, 9.17) is 4.98 Å². The van der Waals surface area contributed by atoms with Crippen LogP contribution in [0.25, 0.3) is 0 Å². The van der Waals surface area contributed by atoms with Crippen LogP contribution in [0, 0.1) is 0 Å². The van der Waals surface area contributed by atoms with Gasteiger partial charge in [-0.05, 0) is 84.0 Å². The Balaban J connectivity index is 1.41. The number of aromatic nitrogens is 1. The Hall–Kier alpha value is -1.13. The van der Waals surface area contributed by atoms with Crippen LogP contribution in [-0.2, 0) is 12.8 Å². The number of aryl methyl sites for hydroxylation is 2. The van der Waals surface area contributed by atoms with Crippen LogP contribution in [0.3, 0.4) is 0 Å². The molecule has 3 rings (SSSR count). The van der Waals surface area contributed by atoms with Gasteiger partial charge >= 0.3 is 0 Å². The summed E-state index contributed by atoms with van der Waals surface area (Å²) in [7, 11) is 0. The van der Waals surface area contributed by atoms with Gasteiger partial charge in [0.05, 0.1) is 0 Å². The minimum absolute atomic E-state index is 0.266. The highest BCUT2D eigenvalue weighted by atomic mass is 15.2. The highest BCUT2D eigenvalue weighted by Crippen LogP contribution is 2.23. The maximum atomic E-state index is 4.82. The molecule has 0 unspecified atom stereocenters. The number of rotatable bonds is 7. The van der Waals surface area contributed by atoms with E-state index in [2.05, 4.69) is 48.4 Å². The minimum Gasteiger partial charge on any atom is -0.370 e. The van der Waals surface area contributed by atoms with E-state index < -0.39 is 0 Å². The Morgan fingerprint density at radius 2 is 2.04 bits per heavy atom. The largest absolute Gasteiger partial charge is 0.370 e. The van der Waals surface area contributed by atoms with Gasteiger partial charge in [0.25, 0.3) is 0 Å². The molecule has 0 bridgehead atoms. The molecule has 1 fully saturated rings. The van der Waals surface area contributed by atoms with Crippen molar-refractivity contribution >= 4 is 5.82 Å². The van der Waals surface area contributed by atoms with E-state index in [0.29, 0.717) is 6.04 Å². The predicted octanol–water partition coefficient (Wildman–Crippen LogP) is 3.61. The molecule has 0 spiro atoms. The van der Waals surface area contributed by atoms with Crippen LogP contribution >= 0.6 is 0 Å². The second-order valence-electron chi connectivity index (χ2n) is 8.66. The maximum absolute atomic E-state index is 4.82. The minimum atomic E-state index is 0.266. The molecule has 0 saturated carbocycles. The smallest absolute Gasteiger partial charge is 0.129 e. The van der Waals surface area contributed by atoms with E-state index in [1.54, 1.807) is 0 Å². The number of anilines is 1. The first kappa shape index (κ1) is 18.7. The zero-order chi connectivity index (χ0) is 17.7. The fourth-order valence-corrected chi connectivity index (χ4v) is 4.24. The summed E-state index contributed by atoms with van der Waals surface area (Å²) >= 11 is 0. The molecule has 1 aromatic heterocycles. The summed E-state index contributed by atoms with van der Waals surface area (Å²) in [6.45, 7) is 11.7. The lowest BCUT2D eigenvalue weighted by Gasteiger charge is -2.40. The van der Waals surface area contributed by atoms with Crippen molar-refractivity contribution in [1.82, 2.24) is 15.2 Å². The van der Waals surface area contributed by atoms with E-state index in [9.17, 15) is 0 Å². The lowest BCUT2D eigenvalue weighted by molar-refractivity contribution is 0.0882. The van der Waals surface area contributed by atoms with Gasteiger partial charge in [-0.1, -0.05) is 12.5 Å². The molecular formula is C21H36N4. The van der Waals surface area contributed by atoms with Crippen molar-refractivity contribution in [2.24, 2.45) is 0 Å². The van der Waals surface area contributed by atoms with E-state index >= 15 is 0 Å². The molecule has 0 amide bonds. The molecule has 2 aliphatic rings. The molecule has 2 aliphatic heterocycles. The number of fused-ring (bicyclic) bond motifs is 1. The third kappa shape index (κ3) is 5.18. The molecule has 1 aromatic rings. The molecule has 4 nitrogen and oxygen atoms in total. The van der Waals surface area contributed by atoms with Crippen LogP contribution in [0.4, 0.5) is 5.82 Å². The summed E-state index contributed by atoms with van der Waals surface area (Å²) in [6.07, 6.45) is 8.63. The molecule has 3 heterocycles. The fraction of sp³-hybridized carbons (Fsp3) is 0.762. The summed E-state index contributed by atoms with van der Waals surface area (Å²) in [5.74, 6) is 1.14. The van der Waals surface area contributed by atoms with Gasteiger partial charge in [-0.2, -0.15) is 0 Å². The van der Waals surface area contributed by atoms with Crippen molar-refractivity contribution in [2.45, 2.75) is 77.3 Å². The van der Waals surface area contributed by atoms with Gasteiger partial charge in [-0.3, -0.25) is 4.90 Å². The Kier molecular flexibility index (Phi) is 6.34. The van der Waals surface area contributed by atoms with Crippen molar-refractivity contribution < 1.29 is 0 Å². The van der Waals surface area contributed by atoms with Crippen LogP contribution < -0.4 is 10.6 Å². The monoisotopic (exact) mass is 344 g/mol. The van der Waals surface area contributed by atoms with Gasteiger partial charge in [-0.25, -0.2) is 4.98 Å². The lowest BCUT2D eigenvalue weighted by atomic mass is 10.0. The zero-order valence-corrected chi connectivity index (χ0v) is 16.4. The molecular weight excluding hydrogens is 308 g/mol. The van der Waals surface area contributed by atoms with Crippen molar-refractivity contribution in [2.75, 3.05) is 31.5 Å². The Morgan fingerprint density at radius 3 is 2.80 bits per heavy atom. The highest BCUT2D eigenvalue weighted by Gasteiger charge is 2.30. The van der Waals surface area contributed by atoms with Crippen LogP contribution in [0.5, 0.6) is 0 Å². The molecule has 0 aliphatic carbocycles. The number of nitrogens with zero attached hydrogens (tertiary/aromatic N) is 2. The molecule has 0 radical (unpaired) electrons. The first-order valence-electron chi connectivity index (χ1n) is 10.2. The highest BCUT2D eigenvalue weighted by molar-refractivity contribution is 5.46. The third-order valence-electron chi connectivity index (χ3n) is 5.62. The van der Waals surface area contributed by atoms with Crippen LogP contribution in [0.1, 0.15) is 64.1 Å². The summed E-state index contributed by atoms with van der Waals surface area (Å²) in [5, 5.41) is 6.96. The topological polar surface area (TPSA) is 40.2 Å². The molecule has 0 aromatic carbocycles. The van der Waals surface area contributed by atoms with Crippen LogP contribution in [-0.4, -0.2) is 47.6 Å². The molecule has 1 saturated heterocycles. The summed E-state index contributed by atoms with van der Waals surface area (Å²) in [6, 6.07) is 5.23.